The Hall–Kier alpha value is -2.29. The van der Waals surface area contributed by atoms with E-state index in [0.29, 0.717) is 6.54 Å². The van der Waals surface area contributed by atoms with Crippen molar-refractivity contribution in [2.24, 2.45) is 0 Å². The number of carbonyl (C=O) groups is 1. The number of nitrogens with one attached hydrogen (secondary N) is 1. The van der Waals surface area contributed by atoms with E-state index in [2.05, 4.69) is 43.4 Å². The van der Waals surface area contributed by atoms with Gasteiger partial charge in [-0.1, -0.05) is 55.0 Å². The van der Waals surface area contributed by atoms with E-state index in [0.717, 1.165) is 30.6 Å². The smallest absolute Gasteiger partial charge is 0.260 e. The highest BCUT2D eigenvalue weighted by atomic mass is 16.5. The van der Waals surface area contributed by atoms with Crippen molar-refractivity contribution in [3.05, 3.63) is 65.2 Å². The maximum Gasteiger partial charge on any atom is 0.260 e. The highest BCUT2D eigenvalue weighted by molar-refractivity contribution is 5.80. The number of amides is 1. The van der Waals surface area contributed by atoms with Crippen LogP contribution in [0.25, 0.3) is 0 Å². The summed E-state index contributed by atoms with van der Waals surface area (Å²) in [6, 6.07) is 16.4. The lowest BCUT2D eigenvalue weighted by Gasteiger charge is -2.16. The number of carbonyl (C=O) groups excluding carboxylic acids is 1. The van der Waals surface area contributed by atoms with Gasteiger partial charge < -0.3 is 10.1 Å². The van der Waals surface area contributed by atoms with Crippen LogP contribution in [0.1, 0.15) is 37.0 Å². The van der Waals surface area contributed by atoms with Crippen LogP contribution in [0.4, 0.5) is 0 Å². The molecule has 2 aromatic carbocycles. The third-order valence-electron chi connectivity index (χ3n) is 4.09. The molecule has 0 aliphatic carbocycles. The highest BCUT2D eigenvalue weighted by Crippen LogP contribution is 2.19. The Kier molecular flexibility index (Phi) is 6.86. The van der Waals surface area contributed by atoms with E-state index >= 15 is 0 Å². The van der Waals surface area contributed by atoms with Gasteiger partial charge in [0.25, 0.3) is 5.91 Å². The number of ether oxygens (including phenoxy) is 1. The zero-order valence-electron chi connectivity index (χ0n) is 14.8. The number of hydrogen-bond donors (Lipinski definition) is 1. The van der Waals surface area contributed by atoms with Gasteiger partial charge in [0.2, 0.25) is 0 Å². The van der Waals surface area contributed by atoms with Crippen LogP contribution in [0.2, 0.25) is 0 Å². The van der Waals surface area contributed by atoms with E-state index < -0.39 is 6.10 Å². The Labute approximate surface area is 145 Å². The second-order valence-corrected chi connectivity index (χ2v) is 6.10. The van der Waals surface area contributed by atoms with Crippen LogP contribution in [0.15, 0.2) is 48.5 Å². The van der Waals surface area contributed by atoms with Crippen LogP contribution >= 0.6 is 0 Å². The van der Waals surface area contributed by atoms with E-state index in [-0.39, 0.29) is 5.91 Å². The molecule has 24 heavy (non-hydrogen) atoms. The second kappa shape index (κ2) is 9.11. The van der Waals surface area contributed by atoms with Crippen molar-refractivity contribution in [1.82, 2.24) is 5.32 Å². The summed E-state index contributed by atoms with van der Waals surface area (Å²) in [4.78, 5) is 12.2. The van der Waals surface area contributed by atoms with E-state index in [1.165, 1.54) is 11.1 Å². The van der Waals surface area contributed by atoms with E-state index in [9.17, 15) is 4.79 Å². The fraction of sp³-hybridized carbons (Fsp3) is 0.381. The highest BCUT2D eigenvalue weighted by Gasteiger charge is 2.15. The van der Waals surface area contributed by atoms with Crippen LogP contribution in [0, 0.1) is 6.92 Å². The third-order valence-corrected chi connectivity index (χ3v) is 4.09. The van der Waals surface area contributed by atoms with Gasteiger partial charge >= 0.3 is 0 Å². The van der Waals surface area contributed by atoms with Gasteiger partial charge in [-0.05, 0) is 50.3 Å². The fourth-order valence-corrected chi connectivity index (χ4v) is 2.56. The lowest BCUT2D eigenvalue weighted by atomic mass is 10.1. The maximum absolute atomic E-state index is 12.2. The average molecular weight is 325 g/mol. The first kappa shape index (κ1) is 18.1. The lowest BCUT2D eigenvalue weighted by Crippen LogP contribution is -2.37. The first-order chi connectivity index (χ1) is 11.6. The molecule has 0 bridgehead atoms. The Morgan fingerprint density at radius 3 is 2.54 bits per heavy atom. The summed E-state index contributed by atoms with van der Waals surface area (Å²) in [7, 11) is 0. The van der Waals surface area contributed by atoms with Gasteiger partial charge in [0.15, 0.2) is 6.10 Å². The van der Waals surface area contributed by atoms with Crippen molar-refractivity contribution in [2.75, 3.05) is 6.54 Å². The zero-order chi connectivity index (χ0) is 17.4. The van der Waals surface area contributed by atoms with Crippen LogP contribution < -0.4 is 10.1 Å². The monoisotopic (exact) mass is 325 g/mol. The molecular formula is C21H27NO2. The fourth-order valence-electron chi connectivity index (χ4n) is 2.56. The zero-order valence-corrected chi connectivity index (χ0v) is 14.8. The van der Waals surface area contributed by atoms with E-state index in [1.807, 2.05) is 24.3 Å². The van der Waals surface area contributed by atoms with Gasteiger partial charge in [-0.25, -0.2) is 0 Å². The molecule has 1 N–H and O–H groups in total. The number of aryl methyl sites for hydroxylation is 3. The molecule has 2 aromatic rings. The lowest BCUT2D eigenvalue weighted by molar-refractivity contribution is -0.127. The summed E-state index contributed by atoms with van der Waals surface area (Å²) in [5.74, 6) is 0.729. The quantitative estimate of drug-likeness (QED) is 0.743. The molecule has 0 aliphatic rings. The van der Waals surface area contributed by atoms with Gasteiger partial charge in [0.05, 0.1) is 0 Å². The molecule has 3 nitrogen and oxygen atoms in total. The summed E-state index contributed by atoms with van der Waals surface area (Å²) in [6.45, 7) is 6.62. The third kappa shape index (κ3) is 5.41. The molecule has 0 aromatic heterocycles. The predicted molar refractivity (Wildman–Crippen MR) is 98.4 cm³/mol. The van der Waals surface area contributed by atoms with E-state index in [1.54, 1.807) is 6.92 Å². The van der Waals surface area contributed by atoms with E-state index in [4.69, 9.17) is 4.74 Å². The normalized spacial score (nSPS) is 11.8. The van der Waals surface area contributed by atoms with Crippen molar-refractivity contribution in [3.8, 4) is 5.75 Å². The van der Waals surface area contributed by atoms with Crippen molar-refractivity contribution in [2.45, 2.75) is 46.1 Å². The Morgan fingerprint density at radius 2 is 1.83 bits per heavy atom. The Morgan fingerprint density at radius 1 is 1.12 bits per heavy atom. The number of para-hydroxylation sites is 1. The molecule has 128 valence electrons. The Balaban J connectivity index is 1.74. The van der Waals surface area contributed by atoms with Crippen LogP contribution in [0.3, 0.4) is 0 Å². The number of rotatable bonds is 8. The van der Waals surface area contributed by atoms with Gasteiger partial charge in [-0.2, -0.15) is 0 Å². The first-order valence-corrected chi connectivity index (χ1v) is 8.68. The molecule has 1 amide bonds. The summed E-state index contributed by atoms with van der Waals surface area (Å²) in [5.41, 5.74) is 3.69. The van der Waals surface area contributed by atoms with Crippen molar-refractivity contribution < 1.29 is 9.53 Å². The van der Waals surface area contributed by atoms with Gasteiger partial charge in [0, 0.05) is 6.54 Å². The van der Waals surface area contributed by atoms with Crippen molar-refractivity contribution in [1.29, 1.82) is 0 Å². The van der Waals surface area contributed by atoms with Crippen molar-refractivity contribution >= 4 is 5.91 Å². The maximum atomic E-state index is 12.2. The summed E-state index contributed by atoms with van der Waals surface area (Å²) < 4.78 is 5.81. The van der Waals surface area contributed by atoms with Crippen LogP contribution in [0.5, 0.6) is 5.75 Å². The summed E-state index contributed by atoms with van der Waals surface area (Å²) in [5, 5.41) is 2.96. The minimum Gasteiger partial charge on any atom is -0.481 e. The standard InChI is InChI=1S/C21H27NO2/c1-4-19-9-5-6-10-20(19)24-17(3)21(23)22-15-7-8-18-13-11-16(2)12-14-18/h5-6,9-14,17H,4,7-8,15H2,1-3H3,(H,22,23)/t17-/m0/s1. The molecule has 0 radical (unpaired) electrons. The molecule has 0 fully saturated rings. The molecule has 0 saturated heterocycles. The molecular weight excluding hydrogens is 298 g/mol. The topological polar surface area (TPSA) is 38.3 Å². The van der Waals surface area contributed by atoms with Crippen LogP contribution in [-0.4, -0.2) is 18.6 Å². The first-order valence-electron chi connectivity index (χ1n) is 8.68. The SMILES string of the molecule is CCc1ccccc1O[C@@H](C)C(=O)NCCCc1ccc(C)cc1. The van der Waals surface area contributed by atoms with Gasteiger partial charge in [0.1, 0.15) is 5.75 Å². The molecule has 1 atom stereocenters. The molecule has 0 unspecified atom stereocenters. The molecule has 0 heterocycles. The average Bonchev–Trinajstić information content (AvgIpc) is 2.60. The Bertz CT molecular complexity index is 649. The molecule has 0 saturated carbocycles. The molecule has 3 heteroatoms. The van der Waals surface area contributed by atoms with Gasteiger partial charge in [-0.3, -0.25) is 4.79 Å². The molecule has 0 spiro atoms. The molecule has 0 aliphatic heterocycles. The predicted octanol–water partition coefficient (Wildman–Crippen LogP) is 4.07. The largest absolute Gasteiger partial charge is 0.481 e. The van der Waals surface area contributed by atoms with Gasteiger partial charge in [-0.15, -0.1) is 0 Å². The minimum atomic E-state index is -0.489. The van der Waals surface area contributed by atoms with Crippen LogP contribution in [-0.2, 0) is 17.6 Å². The minimum absolute atomic E-state index is 0.0650. The van der Waals surface area contributed by atoms with Crippen molar-refractivity contribution in [3.63, 3.8) is 0 Å². The second-order valence-electron chi connectivity index (χ2n) is 6.10. The number of hydrogen-bond acceptors (Lipinski definition) is 2. The summed E-state index contributed by atoms with van der Waals surface area (Å²) in [6.07, 6.45) is 2.29. The number of benzene rings is 2. The summed E-state index contributed by atoms with van der Waals surface area (Å²) >= 11 is 0. The molecule has 2 rings (SSSR count).